The number of H-pyrrole nitrogens is 1. The third-order valence-electron chi connectivity index (χ3n) is 5.59. The normalized spacial score (nSPS) is 16.8. The highest BCUT2D eigenvalue weighted by atomic mass is 35.5. The molecule has 9 heteroatoms. The number of halogens is 1. The zero-order valence-electron chi connectivity index (χ0n) is 17.7. The van der Waals surface area contributed by atoms with E-state index in [9.17, 15) is 0 Å². The largest absolute Gasteiger partial charge is 0.453 e. The maximum Gasteiger partial charge on any atom is 0.182 e. The Kier molecular flexibility index (Phi) is 5.03. The van der Waals surface area contributed by atoms with Crippen LogP contribution in [0.15, 0.2) is 36.7 Å². The van der Waals surface area contributed by atoms with E-state index < -0.39 is 0 Å². The molecule has 31 heavy (non-hydrogen) atoms. The topological polar surface area (TPSA) is 83.9 Å². The highest BCUT2D eigenvalue weighted by molar-refractivity contribution is 6.32. The van der Waals surface area contributed by atoms with Crippen LogP contribution in [0.5, 0.6) is 11.5 Å². The molecule has 1 aliphatic rings. The molecule has 0 radical (unpaired) electrons. The molecule has 8 nitrogen and oxygen atoms in total. The first-order valence-electron chi connectivity index (χ1n) is 10.3. The van der Waals surface area contributed by atoms with Gasteiger partial charge in [-0.25, -0.2) is 9.97 Å². The molecule has 1 saturated heterocycles. The van der Waals surface area contributed by atoms with Gasteiger partial charge in [-0.05, 0) is 38.1 Å². The number of nitrogens with zero attached hydrogens (tertiary/aromatic N) is 5. The van der Waals surface area contributed by atoms with Crippen LogP contribution in [0, 0.1) is 6.92 Å². The third-order valence-corrected chi connectivity index (χ3v) is 5.86. The van der Waals surface area contributed by atoms with Gasteiger partial charge in [-0.3, -0.25) is 4.68 Å². The summed E-state index contributed by atoms with van der Waals surface area (Å²) in [5, 5.41) is 8.23. The van der Waals surface area contributed by atoms with Crippen LogP contribution in [-0.4, -0.2) is 50.4 Å². The van der Waals surface area contributed by atoms with Crippen molar-refractivity contribution in [2.24, 2.45) is 7.05 Å². The molecule has 0 amide bonds. The van der Waals surface area contributed by atoms with Gasteiger partial charge in [0.25, 0.3) is 0 Å². The maximum atomic E-state index is 6.45. The summed E-state index contributed by atoms with van der Waals surface area (Å²) in [5.74, 6) is 1.90. The summed E-state index contributed by atoms with van der Waals surface area (Å²) in [5.41, 5.74) is 4.18. The van der Waals surface area contributed by atoms with Gasteiger partial charge < -0.3 is 19.9 Å². The zero-order chi connectivity index (χ0) is 21.5. The Balaban J connectivity index is 1.46. The van der Waals surface area contributed by atoms with E-state index in [0.717, 1.165) is 30.9 Å². The van der Waals surface area contributed by atoms with Gasteiger partial charge in [-0.15, -0.1) is 0 Å². The molecule has 1 aromatic carbocycles. The first kappa shape index (κ1) is 19.8. The van der Waals surface area contributed by atoms with Gasteiger partial charge in [0.2, 0.25) is 0 Å². The van der Waals surface area contributed by atoms with Crippen molar-refractivity contribution in [3.8, 4) is 22.9 Å². The van der Waals surface area contributed by atoms with Crippen molar-refractivity contribution in [3.63, 3.8) is 0 Å². The second kappa shape index (κ2) is 7.86. The molecule has 4 aromatic rings. The molecule has 1 atom stereocenters. The summed E-state index contributed by atoms with van der Waals surface area (Å²) < 4.78 is 7.94. The van der Waals surface area contributed by atoms with E-state index in [0.29, 0.717) is 39.6 Å². The number of nitrogens with one attached hydrogen (secondary N) is 2. The highest BCUT2D eigenvalue weighted by Crippen LogP contribution is 2.36. The number of fused-ring (bicyclic) bond motifs is 1. The van der Waals surface area contributed by atoms with E-state index >= 15 is 0 Å². The number of hydrogen-bond acceptors (Lipinski definition) is 6. The van der Waals surface area contributed by atoms with Crippen LogP contribution in [0.25, 0.3) is 22.6 Å². The summed E-state index contributed by atoms with van der Waals surface area (Å²) in [6.45, 7) is 7.14. The number of rotatable bonds is 4. The van der Waals surface area contributed by atoms with Crippen molar-refractivity contribution in [2.75, 3.05) is 24.5 Å². The van der Waals surface area contributed by atoms with Crippen molar-refractivity contribution in [1.29, 1.82) is 0 Å². The Labute approximate surface area is 185 Å². The number of aryl methyl sites for hydroxylation is 2. The average Bonchev–Trinajstić information content (AvgIpc) is 3.33. The van der Waals surface area contributed by atoms with E-state index in [1.165, 1.54) is 5.69 Å². The van der Waals surface area contributed by atoms with E-state index in [4.69, 9.17) is 16.3 Å². The summed E-state index contributed by atoms with van der Waals surface area (Å²) in [7, 11) is 1.88. The fraction of sp³-hybridized carbons (Fsp3) is 0.318. The minimum atomic E-state index is 0.422. The summed E-state index contributed by atoms with van der Waals surface area (Å²) in [4.78, 5) is 14.7. The number of pyridine rings is 1. The predicted molar refractivity (Wildman–Crippen MR) is 122 cm³/mol. The zero-order valence-corrected chi connectivity index (χ0v) is 18.4. The van der Waals surface area contributed by atoms with Crippen LogP contribution in [-0.2, 0) is 7.05 Å². The Morgan fingerprint density at radius 1 is 1.23 bits per heavy atom. The molecule has 1 fully saturated rings. The van der Waals surface area contributed by atoms with Gasteiger partial charge in [-0.1, -0.05) is 11.6 Å². The number of piperazine rings is 1. The first-order valence-corrected chi connectivity index (χ1v) is 10.7. The van der Waals surface area contributed by atoms with Crippen LogP contribution in [0.2, 0.25) is 5.02 Å². The molecule has 0 spiro atoms. The maximum absolute atomic E-state index is 6.45. The molecule has 1 aliphatic heterocycles. The van der Waals surface area contributed by atoms with Crippen molar-refractivity contribution in [3.05, 3.63) is 47.4 Å². The van der Waals surface area contributed by atoms with Crippen molar-refractivity contribution >= 4 is 28.5 Å². The first-order chi connectivity index (χ1) is 15.0. The molecule has 2 N–H and O–H groups in total. The Bertz CT molecular complexity index is 1230. The summed E-state index contributed by atoms with van der Waals surface area (Å²) in [6, 6.07) is 8.56. The molecule has 0 unspecified atom stereocenters. The van der Waals surface area contributed by atoms with E-state index in [-0.39, 0.29) is 0 Å². The smallest absolute Gasteiger partial charge is 0.182 e. The van der Waals surface area contributed by atoms with Crippen LogP contribution < -0.4 is 15.0 Å². The Morgan fingerprint density at radius 3 is 2.74 bits per heavy atom. The quantitative estimate of drug-likeness (QED) is 0.503. The van der Waals surface area contributed by atoms with E-state index in [1.807, 2.05) is 32.3 Å². The SMILES string of the molecule is Cc1nn(C)cc1-c1nc2ncc(Cl)c(Oc3ccc(N4CCNC[C@@H]4C)cc3)c2[nH]1. The van der Waals surface area contributed by atoms with Gasteiger partial charge in [0, 0.05) is 44.6 Å². The molecule has 0 aliphatic carbocycles. The van der Waals surface area contributed by atoms with E-state index in [2.05, 4.69) is 49.3 Å². The second-order valence-electron chi connectivity index (χ2n) is 7.86. The number of anilines is 1. The van der Waals surface area contributed by atoms with Crippen molar-refractivity contribution < 1.29 is 4.74 Å². The average molecular weight is 438 g/mol. The van der Waals surface area contributed by atoms with Crippen LogP contribution in [0.3, 0.4) is 0 Å². The van der Waals surface area contributed by atoms with Crippen LogP contribution in [0.4, 0.5) is 5.69 Å². The molecule has 0 saturated carbocycles. The standard InChI is InChI=1S/C22H24ClN7O/c1-13-10-24-8-9-30(13)15-4-6-16(7-5-15)31-20-18(23)11-25-22-19(20)26-21(27-22)17-12-29(3)28-14(17)2/h4-7,11-13,24H,8-10H2,1-3H3,(H,25,26,27)/t13-/m0/s1. The highest BCUT2D eigenvalue weighted by Gasteiger charge is 2.19. The van der Waals surface area contributed by atoms with Crippen LogP contribution in [0.1, 0.15) is 12.6 Å². The van der Waals surface area contributed by atoms with Gasteiger partial charge in [-0.2, -0.15) is 5.10 Å². The molecular formula is C22H24ClN7O. The van der Waals surface area contributed by atoms with E-state index in [1.54, 1.807) is 10.9 Å². The number of aromatic nitrogens is 5. The summed E-state index contributed by atoms with van der Waals surface area (Å²) in [6.07, 6.45) is 3.49. The molecule has 4 heterocycles. The Morgan fingerprint density at radius 2 is 2.03 bits per heavy atom. The fourth-order valence-corrected chi connectivity index (χ4v) is 4.20. The second-order valence-corrected chi connectivity index (χ2v) is 8.27. The predicted octanol–water partition coefficient (Wildman–Crippen LogP) is 3.91. The number of benzene rings is 1. The molecular weight excluding hydrogens is 414 g/mol. The van der Waals surface area contributed by atoms with Gasteiger partial charge in [0.15, 0.2) is 11.4 Å². The minimum absolute atomic E-state index is 0.422. The number of hydrogen-bond donors (Lipinski definition) is 2. The lowest BCUT2D eigenvalue weighted by molar-refractivity contribution is 0.485. The third kappa shape index (κ3) is 3.73. The van der Waals surface area contributed by atoms with Crippen molar-refractivity contribution in [2.45, 2.75) is 19.9 Å². The minimum Gasteiger partial charge on any atom is -0.453 e. The molecule has 160 valence electrons. The van der Waals surface area contributed by atoms with Gasteiger partial charge in [0.1, 0.15) is 22.1 Å². The molecule has 0 bridgehead atoms. The van der Waals surface area contributed by atoms with Gasteiger partial charge >= 0.3 is 0 Å². The molecule has 5 rings (SSSR count). The van der Waals surface area contributed by atoms with Gasteiger partial charge in [0.05, 0.1) is 17.5 Å². The number of aromatic amines is 1. The molecule has 3 aromatic heterocycles. The Hall–Kier alpha value is -3.10. The van der Waals surface area contributed by atoms with Crippen molar-refractivity contribution in [1.82, 2.24) is 30.0 Å². The number of imidazole rings is 1. The van der Waals surface area contributed by atoms with Crippen LogP contribution >= 0.6 is 11.6 Å². The lowest BCUT2D eigenvalue weighted by atomic mass is 10.2. The lowest BCUT2D eigenvalue weighted by Gasteiger charge is -2.35. The summed E-state index contributed by atoms with van der Waals surface area (Å²) >= 11 is 6.45. The monoisotopic (exact) mass is 437 g/mol. The lowest BCUT2D eigenvalue weighted by Crippen LogP contribution is -2.49. The number of ether oxygens (including phenoxy) is 1. The fourth-order valence-electron chi connectivity index (χ4n) is 4.02.